The van der Waals surface area contributed by atoms with Crippen LogP contribution in [-0.4, -0.2) is 30.8 Å². The smallest absolute Gasteiger partial charge is 0.407 e. The van der Waals surface area contributed by atoms with Gasteiger partial charge in [0.05, 0.1) is 0 Å². The molecule has 2 N–H and O–H groups in total. The molecule has 0 aliphatic carbocycles. The predicted octanol–water partition coefficient (Wildman–Crippen LogP) is 1.65. The second kappa shape index (κ2) is 5.35. The van der Waals surface area contributed by atoms with Crippen molar-refractivity contribution >= 4 is 6.09 Å². The van der Waals surface area contributed by atoms with Gasteiger partial charge < -0.3 is 15.4 Å². The van der Waals surface area contributed by atoms with E-state index in [-0.39, 0.29) is 11.6 Å². The number of carbonyl (C=O) groups excluding carboxylic acids is 1. The van der Waals surface area contributed by atoms with E-state index < -0.39 is 0 Å². The summed E-state index contributed by atoms with van der Waals surface area (Å²) in [6, 6.07) is 0.337. The summed E-state index contributed by atoms with van der Waals surface area (Å²) in [5.41, 5.74) is -0.225. The van der Waals surface area contributed by atoms with Gasteiger partial charge in [0.2, 0.25) is 0 Å². The first kappa shape index (κ1) is 12.3. The van der Waals surface area contributed by atoms with Gasteiger partial charge in [0, 0.05) is 11.6 Å². The number of amides is 1. The molecular formula is C11H22N2O2. The molecule has 0 aromatic carbocycles. The van der Waals surface area contributed by atoms with Crippen molar-refractivity contribution in [3.8, 4) is 0 Å². The third kappa shape index (κ3) is 5.62. The molecule has 0 aromatic rings. The van der Waals surface area contributed by atoms with Crippen molar-refractivity contribution in [3.05, 3.63) is 0 Å². The van der Waals surface area contributed by atoms with Crippen LogP contribution < -0.4 is 10.6 Å². The first-order chi connectivity index (χ1) is 6.97. The number of nitrogens with one attached hydrogen (secondary N) is 2. The van der Waals surface area contributed by atoms with Crippen molar-refractivity contribution in [2.75, 3.05) is 13.2 Å². The van der Waals surface area contributed by atoms with Crippen molar-refractivity contribution in [3.63, 3.8) is 0 Å². The normalized spacial score (nSPS) is 22.2. The molecule has 1 saturated heterocycles. The van der Waals surface area contributed by atoms with E-state index in [0.717, 1.165) is 13.0 Å². The standard InChI is InChI=1S/C11H22N2O2/c1-11(2,3)13-10(14)15-8-9-6-4-5-7-12-9/h9,12H,4-8H2,1-3H3,(H,13,14). The lowest BCUT2D eigenvalue weighted by molar-refractivity contribution is 0.121. The van der Waals surface area contributed by atoms with Crippen LogP contribution in [0.5, 0.6) is 0 Å². The largest absolute Gasteiger partial charge is 0.448 e. The Kier molecular flexibility index (Phi) is 4.39. The maximum atomic E-state index is 11.3. The van der Waals surface area contributed by atoms with Gasteiger partial charge in [-0.05, 0) is 40.2 Å². The Hall–Kier alpha value is -0.770. The van der Waals surface area contributed by atoms with Gasteiger partial charge in [-0.3, -0.25) is 0 Å². The molecule has 1 fully saturated rings. The number of rotatable bonds is 2. The van der Waals surface area contributed by atoms with Gasteiger partial charge in [-0.1, -0.05) is 6.42 Å². The fourth-order valence-electron chi connectivity index (χ4n) is 1.58. The summed E-state index contributed by atoms with van der Waals surface area (Å²) in [4.78, 5) is 11.3. The molecule has 0 bridgehead atoms. The molecule has 0 aromatic heterocycles. The van der Waals surface area contributed by atoms with Crippen molar-refractivity contribution in [2.45, 2.75) is 51.6 Å². The van der Waals surface area contributed by atoms with Crippen LogP contribution in [-0.2, 0) is 4.74 Å². The van der Waals surface area contributed by atoms with Crippen LogP contribution in [0.3, 0.4) is 0 Å². The molecule has 4 nitrogen and oxygen atoms in total. The molecule has 1 rings (SSSR count). The molecule has 1 aliphatic rings. The molecule has 88 valence electrons. The van der Waals surface area contributed by atoms with Gasteiger partial charge in [0.1, 0.15) is 6.61 Å². The summed E-state index contributed by atoms with van der Waals surface area (Å²) in [6.45, 7) is 7.32. The molecule has 1 atom stereocenters. The lowest BCUT2D eigenvalue weighted by Gasteiger charge is -2.25. The van der Waals surface area contributed by atoms with E-state index in [4.69, 9.17) is 4.74 Å². The summed E-state index contributed by atoms with van der Waals surface area (Å²) in [6.07, 6.45) is 3.23. The summed E-state index contributed by atoms with van der Waals surface area (Å²) in [5, 5.41) is 6.10. The highest BCUT2D eigenvalue weighted by molar-refractivity contribution is 5.68. The molecule has 1 amide bonds. The highest BCUT2D eigenvalue weighted by Crippen LogP contribution is 2.07. The molecular weight excluding hydrogens is 192 g/mol. The maximum absolute atomic E-state index is 11.3. The summed E-state index contributed by atoms with van der Waals surface area (Å²) in [5.74, 6) is 0. The Morgan fingerprint density at radius 1 is 1.47 bits per heavy atom. The van der Waals surface area contributed by atoms with Gasteiger partial charge in [0.25, 0.3) is 0 Å². The minimum Gasteiger partial charge on any atom is -0.448 e. The van der Waals surface area contributed by atoms with Gasteiger partial charge in [-0.15, -0.1) is 0 Å². The van der Waals surface area contributed by atoms with Crippen LogP contribution >= 0.6 is 0 Å². The van der Waals surface area contributed by atoms with E-state index >= 15 is 0 Å². The molecule has 1 aliphatic heterocycles. The van der Waals surface area contributed by atoms with Gasteiger partial charge >= 0.3 is 6.09 Å². The van der Waals surface area contributed by atoms with Gasteiger partial charge in [-0.25, -0.2) is 4.79 Å². The average Bonchev–Trinajstić information content (AvgIpc) is 2.14. The second-order valence-corrected chi connectivity index (χ2v) is 5.12. The SMILES string of the molecule is CC(C)(C)NC(=O)OCC1CCCCN1. The lowest BCUT2D eigenvalue weighted by Crippen LogP contribution is -2.44. The van der Waals surface area contributed by atoms with Crippen LogP contribution in [0.2, 0.25) is 0 Å². The van der Waals surface area contributed by atoms with Crippen molar-refractivity contribution < 1.29 is 9.53 Å². The number of carbonyl (C=O) groups is 1. The summed E-state index contributed by atoms with van der Waals surface area (Å²) < 4.78 is 5.14. The van der Waals surface area contributed by atoms with Crippen LogP contribution in [0, 0.1) is 0 Å². The lowest BCUT2D eigenvalue weighted by atomic mass is 10.1. The topological polar surface area (TPSA) is 50.4 Å². The van der Waals surface area contributed by atoms with E-state index in [9.17, 15) is 4.79 Å². The molecule has 0 radical (unpaired) electrons. The molecule has 1 heterocycles. The van der Waals surface area contributed by atoms with Crippen LogP contribution in [0.1, 0.15) is 40.0 Å². The van der Waals surface area contributed by atoms with Gasteiger partial charge in [-0.2, -0.15) is 0 Å². The molecule has 15 heavy (non-hydrogen) atoms. The van der Waals surface area contributed by atoms with Crippen molar-refractivity contribution in [1.29, 1.82) is 0 Å². The first-order valence-corrected chi connectivity index (χ1v) is 5.66. The number of alkyl carbamates (subject to hydrolysis) is 1. The van der Waals surface area contributed by atoms with Crippen LogP contribution in [0.15, 0.2) is 0 Å². The first-order valence-electron chi connectivity index (χ1n) is 5.66. The summed E-state index contributed by atoms with van der Waals surface area (Å²) in [7, 11) is 0. The third-order valence-electron chi connectivity index (χ3n) is 2.31. The Morgan fingerprint density at radius 3 is 2.73 bits per heavy atom. The second-order valence-electron chi connectivity index (χ2n) is 5.12. The summed E-state index contributed by atoms with van der Waals surface area (Å²) >= 11 is 0. The fourth-order valence-corrected chi connectivity index (χ4v) is 1.58. The zero-order chi connectivity index (χ0) is 11.3. The maximum Gasteiger partial charge on any atom is 0.407 e. The van der Waals surface area contributed by atoms with Crippen LogP contribution in [0.25, 0.3) is 0 Å². The van der Waals surface area contributed by atoms with E-state index in [1.807, 2.05) is 20.8 Å². The quantitative estimate of drug-likeness (QED) is 0.735. The highest BCUT2D eigenvalue weighted by atomic mass is 16.5. The zero-order valence-electron chi connectivity index (χ0n) is 9.93. The molecule has 4 heteroatoms. The van der Waals surface area contributed by atoms with Crippen molar-refractivity contribution in [2.24, 2.45) is 0 Å². The Balaban J connectivity index is 2.15. The fraction of sp³-hybridized carbons (Fsp3) is 0.909. The van der Waals surface area contributed by atoms with E-state index in [2.05, 4.69) is 10.6 Å². The average molecular weight is 214 g/mol. The van der Waals surface area contributed by atoms with Crippen molar-refractivity contribution in [1.82, 2.24) is 10.6 Å². The van der Waals surface area contributed by atoms with Gasteiger partial charge in [0.15, 0.2) is 0 Å². The number of hydrogen-bond donors (Lipinski definition) is 2. The Bertz CT molecular complexity index is 205. The van der Waals surface area contributed by atoms with E-state index in [1.54, 1.807) is 0 Å². The number of piperidine rings is 1. The number of ether oxygens (including phenoxy) is 1. The monoisotopic (exact) mass is 214 g/mol. The Labute approximate surface area is 91.8 Å². The minimum absolute atomic E-state index is 0.225. The van der Waals surface area contributed by atoms with Crippen LogP contribution in [0.4, 0.5) is 4.79 Å². The number of hydrogen-bond acceptors (Lipinski definition) is 3. The van der Waals surface area contributed by atoms with E-state index in [1.165, 1.54) is 12.8 Å². The third-order valence-corrected chi connectivity index (χ3v) is 2.31. The highest BCUT2D eigenvalue weighted by Gasteiger charge is 2.17. The van der Waals surface area contributed by atoms with E-state index in [0.29, 0.717) is 12.6 Å². The minimum atomic E-state index is -0.324. The molecule has 0 saturated carbocycles. The zero-order valence-corrected chi connectivity index (χ0v) is 9.93. The molecule has 0 spiro atoms. The Morgan fingerprint density at radius 2 is 2.20 bits per heavy atom. The predicted molar refractivity (Wildman–Crippen MR) is 59.9 cm³/mol. The molecule has 1 unspecified atom stereocenters.